The molecule has 4 N–H and O–H groups in total. The third kappa shape index (κ3) is 5.92. The Labute approximate surface area is 251 Å². The first kappa shape index (κ1) is 28.7. The number of nitrogens with one attached hydrogen (secondary N) is 2. The predicted octanol–water partition coefficient (Wildman–Crippen LogP) is 5.67. The van der Waals surface area contributed by atoms with Crippen molar-refractivity contribution >= 4 is 23.3 Å². The van der Waals surface area contributed by atoms with Gasteiger partial charge in [-0.1, -0.05) is 45.0 Å². The third-order valence-electron chi connectivity index (χ3n) is 8.58. The summed E-state index contributed by atoms with van der Waals surface area (Å²) < 4.78 is 8.62. The fourth-order valence-electron chi connectivity index (χ4n) is 6.21. The molecule has 0 saturated carbocycles. The number of ether oxygens (including phenoxy) is 1. The van der Waals surface area contributed by atoms with Gasteiger partial charge in [-0.3, -0.25) is 14.1 Å². The van der Waals surface area contributed by atoms with Crippen LogP contribution in [0.4, 0.5) is 10.5 Å². The van der Waals surface area contributed by atoms with Crippen LogP contribution in [0.3, 0.4) is 0 Å². The summed E-state index contributed by atoms with van der Waals surface area (Å²) >= 11 is 0. The van der Waals surface area contributed by atoms with Crippen molar-refractivity contribution in [1.29, 1.82) is 0 Å². The topological polar surface area (TPSA) is 127 Å². The van der Waals surface area contributed by atoms with Crippen LogP contribution in [0.1, 0.15) is 97.5 Å². The normalized spacial score (nSPS) is 20.5. The zero-order valence-corrected chi connectivity index (χ0v) is 25.1. The maximum absolute atomic E-state index is 13.2. The lowest BCUT2D eigenvalue weighted by Crippen LogP contribution is -2.35. The fraction of sp³-hybridized carbons (Fsp3) is 0.394. The minimum absolute atomic E-state index is 0.162. The molecule has 0 unspecified atom stereocenters. The van der Waals surface area contributed by atoms with Crippen molar-refractivity contribution in [3.8, 4) is 5.75 Å². The highest BCUT2D eigenvalue weighted by molar-refractivity contribution is 5.96. The Morgan fingerprint density at radius 1 is 1.00 bits per heavy atom. The number of fused-ring (bicyclic) bond motifs is 2. The molecule has 2 aliphatic rings. The molecule has 1 saturated heterocycles. The maximum atomic E-state index is 13.2. The van der Waals surface area contributed by atoms with Crippen molar-refractivity contribution in [2.24, 2.45) is 5.73 Å². The summed E-state index contributed by atoms with van der Waals surface area (Å²) in [4.78, 5) is 27.4. The number of pyridine rings is 1. The van der Waals surface area contributed by atoms with Crippen LogP contribution in [-0.4, -0.2) is 45.0 Å². The second-order valence-electron chi connectivity index (χ2n) is 12.7. The highest BCUT2D eigenvalue weighted by atomic mass is 16.5. The largest absolute Gasteiger partial charge is 0.484 e. The molecule has 0 spiro atoms. The quantitative estimate of drug-likeness (QED) is 0.269. The smallest absolute Gasteiger partial charge is 0.319 e. The molecule has 1 aliphatic heterocycles. The van der Waals surface area contributed by atoms with Gasteiger partial charge >= 0.3 is 6.03 Å². The number of urea groups is 1. The van der Waals surface area contributed by atoms with Crippen LogP contribution in [-0.2, 0) is 5.41 Å². The molecule has 10 heteroatoms. The number of carbonyl (C=O) groups excluding carboxylic acids is 2. The number of anilines is 1. The van der Waals surface area contributed by atoms with Gasteiger partial charge in [0.15, 0.2) is 11.5 Å². The van der Waals surface area contributed by atoms with E-state index in [4.69, 9.17) is 10.5 Å². The molecule has 3 amide bonds. The standard InChI is InChI=1S/C33H39N7O3/c1-33(2,3)21-16-20(30(34)41)17-22(18-21)35-32(42)36-26-12-13-28(25-9-6-5-8-24(25)26)43-23-11-14-29-37-38-31(40(29)19-23)27-10-7-15-39(27)4/h5-6,8-9,11,14,16-19,26-28H,7,10,12-13,15H2,1-4H3,(H2,34,41)(H2,35,36,42)/t26-,27-,28+/m0/s1. The van der Waals surface area contributed by atoms with Gasteiger partial charge in [0.1, 0.15) is 11.9 Å². The molecule has 0 radical (unpaired) electrons. The highest BCUT2D eigenvalue weighted by Gasteiger charge is 2.31. The first-order chi connectivity index (χ1) is 20.6. The third-order valence-corrected chi connectivity index (χ3v) is 8.58. The molecule has 10 nitrogen and oxygen atoms in total. The molecule has 2 aromatic carbocycles. The molecule has 3 atom stereocenters. The summed E-state index contributed by atoms with van der Waals surface area (Å²) in [6.45, 7) is 7.20. The molecule has 6 rings (SSSR count). The van der Waals surface area contributed by atoms with Crippen molar-refractivity contribution < 1.29 is 14.3 Å². The molecule has 4 aromatic rings. The van der Waals surface area contributed by atoms with Crippen molar-refractivity contribution in [2.45, 2.75) is 70.1 Å². The van der Waals surface area contributed by atoms with Crippen LogP contribution in [0.2, 0.25) is 0 Å². The van der Waals surface area contributed by atoms with Crippen molar-refractivity contribution in [3.05, 3.63) is 88.9 Å². The Balaban J connectivity index is 1.19. The number of likely N-dealkylation sites (tertiary alicyclic amines) is 1. The SMILES string of the molecule is CN1CCC[C@H]1c1nnc2ccc(O[C@@H]3CC[C@H](NC(=O)Nc4cc(C(N)=O)cc(C(C)(C)C)c4)c4ccccc43)cn12. The lowest BCUT2D eigenvalue weighted by Gasteiger charge is -2.32. The first-order valence-corrected chi connectivity index (χ1v) is 14.9. The molecule has 3 heterocycles. The van der Waals surface area contributed by atoms with Gasteiger partial charge in [-0.05, 0) is 91.7 Å². The zero-order chi connectivity index (χ0) is 30.3. The van der Waals surface area contributed by atoms with E-state index in [0.29, 0.717) is 17.7 Å². The van der Waals surface area contributed by atoms with Crippen LogP contribution in [0, 0.1) is 0 Å². The summed E-state index contributed by atoms with van der Waals surface area (Å²) in [5, 5.41) is 14.9. The van der Waals surface area contributed by atoms with Crippen LogP contribution in [0.15, 0.2) is 60.8 Å². The van der Waals surface area contributed by atoms with E-state index in [0.717, 1.165) is 59.7 Å². The van der Waals surface area contributed by atoms with Gasteiger partial charge in [-0.15, -0.1) is 10.2 Å². The molecule has 224 valence electrons. The number of benzene rings is 2. The lowest BCUT2D eigenvalue weighted by atomic mass is 9.85. The van der Waals surface area contributed by atoms with Gasteiger partial charge in [0.05, 0.1) is 18.3 Å². The van der Waals surface area contributed by atoms with Gasteiger partial charge in [-0.2, -0.15) is 0 Å². The molecule has 43 heavy (non-hydrogen) atoms. The van der Waals surface area contributed by atoms with E-state index in [9.17, 15) is 9.59 Å². The van der Waals surface area contributed by atoms with Crippen LogP contribution in [0.5, 0.6) is 5.75 Å². The minimum Gasteiger partial charge on any atom is -0.484 e. The van der Waals surface area contributed by atoms with E-state index in [1.807, 2.05) is 67.8 Å². The first-order valence-electron chi connectivity index (χ1n) is 14.9. The molecular weight excluding hydrogens is 542 g/mol. The fourth-order valence-corrected chi connectivity index (χ4v) is 6.21. The zero-order valence-electron chi connectivity index (χ0n) is 25.1. The van der Waals surface area contributed by atoms with Crippen LogP contribution >= 0.6 is 0 Å². The summed E-state index contributed by atoms with van der Waals surface area (Å²) in [6, 6.07) is 16.9. The highest BCUT2D eigenvalue weighted by Crippen LogP contribution is 2.39. The Morgan fingerprint density at radius 3 is 2.51 bits per heavy atom. The molecular formula is C33H39N7O3. The molecule has 2 aromatic heterocycles. The Bertz CT molecular complexity index is 1670. The van der Waals surface area contributed by atoms with E-state index in [-0.39, 0.29) is 29.6 Å². The Kier molecular flexibility index (Phi) is 7.56. The van der Waals surface area contributed by atoms with Gasteiger partial charge in [0, 0.05) is 11.3 Å². The molecule has 1 fully saturated rings. The summed E-state index contributed by atoms with van der Waals surface area (Å²) in [5.41, 5.74) is 10.0. The van der Waals surface area contributed by atoms with Crippen molar-refractivity contribution in [2.75, 3.05) is 18.9 Å². The average Bonchev–Trinajstić information content (AvgIpc) is 3.58. The molecule has 1 aliphatic carbocycles. The summed E-state index contributed by atoms with van der Waals surface area (Å²) in [6.07, 6.45) is 5.47. The van der Waals surface area contributed by atoms with E-state index in [1.54, 1.807) is 12.1 Å². The maximum Gasteiger partial charge on any atom is 0.319 e. The van der Waals surface area contributed by atoms with Crippen LogP contribution < -0.4 is 21.1 Å². The number of rotatable bonds is 6. The van der Waals surface area contributed by atoms with Crippen molar-refractivity contribution in [3.63, 3.8) is 0 Å². The number of hydrogen-bond donors (Lipinski definition) is 3. The van der Waals surface area contributed by atoms with E-state index >= 15 is 0 Å². The summed E-state index contributed by atoms with van der Waals surface area (Å²) in [7, 11) is 2.13. The minimum atomic E-state index is -0.535. The van der Waals surface area contributed by atoms with Crippen LogP contribution in [0.25, 0.3) is 5.65 Å². The summed E-state index contributed by atoms with van der Waals surface area (Å²) in [5.74, 6) is 1.16. The van der Waals surface area contributed by atoms with E-state index < -0.39 is 5.91 Å². The Morgan fingerprint density at radius 2 is 1.79 bits per heavy atom. The van der Waals surface area contributed by atoms with Gasteiger partial charge < -0.3 is 21.1 Å². The lowest BCUT2D eigenvalue weighted by molar-refractivity contribution is 0.1000. The Hall–Kier alpha value is -4.44. The number of amides is 3. The number of aromatic nitrogens is 3. The van der Waals surface area contributed by atoms with E-state index in [2.05, 4.69) is 38.8 Å². The van der Waals surface area contributed by atoms with Gasteiger partial charge in [0.2, 0.25) is 5.91 Å². The second kappa shape index (κ2) is 11.3. The molecule has 0 bridgehead atoms. The second-order valence-corrected chi connectivity index (χ2v) is 12.7. The number of hydrogen-bond acceptors (Lipinski definition) is 6. The average molecular weight is 582 g/mol. The van der Waals surface area contributed by atoms with Gasteiger partial charge in [0.25, 0.3) is 0 Å². The monoisotopic (exact) mass is 581 g/mol. The predicted molar refractivity (Wildman–Crippen MR) is 165 cm³/mol. The van der Waals surface area contributed by atoms with Crippen molar-refractivity contribution in [1.82, 2.24) is 24.8 Å². The van der Waals surface area contributed by atoms with E-state index in [1.165, 1.54) is 0 Å². The number of primary amides is 1. The number of carbonyl (C=O) groups is 2. The number of nitrogens with zero attached hydrogens (tertiary/aromatic N) is 4. The number of nitrogens with two attached hydrogens (primary N) is 1. The van der Waals surface area contributed by atoms with Gasteiger partial charge in [-0.25, -0.2) is 4.79 Å².